The van der Waals surface area contributed by atoms with E-state index in [0.717, 1.165) is 24.6 Å². The maximum Gasteiger partial charge on any atom is 0.231 e. The van der Waals surface area contributed by atoms with Gasteiger partial charge in [0.15, 0.2) is 23.1 Å². The average Bonchev–Trinajstić information content (AvgIpc) is 3.33. The van der Waals surface area contributed by atoms with Gasteiger partial charge < -0.3 is 14.8 Å². The third-order valence-corrected chi connectivity index (χ3v) is 6.46. The molecule has 0 aromatic heterocycles. The minimum atomic E-state index is -0.856. The van der Waals surface area contributed by atoms with Crippen molar-refractivity contribution >= 4 is 5.91 Å². The van der Waals surface area contributed by atoms with Crippen molar-refractivity contribution in [2.75, 3.05) is 19.9 Å². The molecule has 0 spiro atoms. The molecule has 176 valence electrons. The van der Waals surface area contributed by atoms with Gasteiger partial charge in [-0.05, 0) is 53.3 Å². The Balaban J connectivity index is 1.29. The summed E-state index contributed by atoms with van der Waals surface area (Å²) in [6, 6.07) is 19.7. The van der Waals surface area contributed by atoms with Gasteiger partial charge >= 0.3 is 0 Å². The van der Waals surface area contributed by atoms with Crippen LogP contribution in [0.1, 0.15) is 29.0 Å². The molecule has 2 atom stereocenters. The zero-order valence-corrected chi connectivity index (χ0v) is 18.7. The molecule has 2 aliphatic heterocycles. The van der Waals surface area contributed by atoms with E-state index >= 15 is 0 Å². The zero-order chi connectivity index (χ0) is 23.5. The third kappa shape index (κ3) is 5.04. The predicted molar refractivity (Wildman–Crippen MR) is 123 cm³/mol. The molecule has 3 aromatic rings. The molecule has 1 saturated heterocycles. The second-order valence-corrected chi connectivity index (χ2v) is 8.89. The van der Waals surface area contributed by atoms with Gasteiger partial charge in [0, 0.05) is 26.2 Å². The van der Waals surface area contributed by atoms with Crippen molar-refractivity contribution in [2.24, 2.45) is 5.92 Å². The summed E-state index contributed by atoms with van der Waals surface area (Å²) in [5.41, 5.74) is 2.80. The molecule has 0 unspecified atom stereocenters. The first-order valence-electron chi connectivity index (χ1n) is 11.4. The summed E-state index contributed by atoms with van der Waals surface area (Å²) < 4.78 is 37.9. The summed E-state index contributed by atoms with van der Waals surface area (Å²) in [6.45, 7) is 2.35. The van der Waals surface area contributed by atoms with E-state index in [0.29, 0.717) is 36.7 Å². The molecule has 2 heterocycles. The molecule has 3 aromatic carbocycles. The molecule has 34 heavy (non-hydrogen) atoms. The number of nitrogens with one attached hydrogen (secondary N) is 1. The number of amides is 1. The minimum Gasteiger partial charge on any atom is -0.454 e. The van der Waals surface area contributed by atoms with Crippen molar-refractivity contribution in [3.05, 3.63) is 95.1 Å². The molecule has 5 rings (SSSR count). The van der Waals surface area contributed by atoms with E-state index in [-0.39, 0.29) is 24.5 Å². The number of nitrogens with zero attached hydrogens (tertiary/aromatic N) is 1. The Kier molecular flexibility index (Phi) is 6.45. The molecule has 2 aliphatic rings. The van der Waals surface area contributed by atoms with Crippen molar-refractivity contribution < 1.29 is 23.0 Å². The number of carbonyl (C=O) groups is 1. The van der Waals surface area contributed by atoms with Crippen LogP contribution >= 0.6 is 0 Å². The summed E-state index contributed by atoms with van der Waals surface area (Å²) in [4.78, 5) is 15.3. The Morgan fingerprint density at radius 2 is 1.71 bits per heavy atom. The molecule has 1 N–H and O–H groups in total. The molecule has 7 heteroatoms. The van der Waals surface area contributed by atoms with Crippen LogP contribution in [-0.4, -0.2) is 30.7 Å². The zero-order valence-electron chi connectivity index (χ0n) is 18.7. The number of carbonyl (C=O) groups excluding carboxylic acids is 1. The summed E-state index contributed by atoms with van der Waals surface area (Å²) >= 11 is 0. The predicted octanol–water partition coefficient (Wildman–Crippen LogP) is 4.62. The topological polar surface area (TPSA) is 50.8 Å². The lowest BCUT2D eigenvalue weighted by molar-refractivity contribution is -0.127. The van der Waals surface area contributed by atoms with Crippen LogP contribution in [0.2, 0.25) is 0 Å². The highest BCUT2D eigenvalue weighted by Gasteiger charge is 2.32. The van der Waals surface area contributed by atoms with E-state index in [9.17, 15) is 13.6 Å². The smallest absolute Gasteiger partial charge is 0.231 e. The quantitative estimate of drug-likeness (QED) is 0.579. The Hall–Kier alpha value is -3.45. The highest BCUT2D eigenvalue weighted by Crippen LogP contribution is 2.33. The normalized spacial score (nSPS) is 19.7. The summed E-state index contributed by atoms with van der Waals surface area (Å²) in [5.74, 6) is -0.391. The molecule has 0 bridgehead atoms. The van der Waals surface area contributed by atoms with Gasteiger partial charge in [-0.3, -0.25) is 9.69 Å². The van der Waals surface area contributed by atoms with Crippen molar-refractivity contribution in [2.45, 2.75) is 25.4 Å². The second kappa shape index (κ2) is 9.81. The molecular weight excluding hydrogens is 438 g/mol. The summed E-state index contributed by atoms with van der Waals surface area (Å²) in [6.07, 6.45) is 0.727. The molecule has 5 nitrogen and oxygen atoms in total. The number of likely N-dealkylation sites (tertiary alicyclic amines) is 1. The molecule has 0 saturated carbocycles. The average molecular weight is 465 g/mol. The van der Waals surface area contributed by atoms with Crippen molar-refractivity contribution in [3.63, 3.8) is 0 Å². The number of halogens is 2. The van der Waals surface area contributed by atoms with Gasteiger partial charge in [-0.25, -0.2) is 8.78 Å². The first kappa shape index (κ1) is 22.3. The van der Waals surface area contributed by atoms with E-state index in [2.05, 4.69) is 22.3 Å². The maximum atomic E-state index is 13.8. The fourth-order valence-electron chi connectivity index (χ4n) is 4.76. The summed E-state index contributed by atoms with van der Waals surface area (Å²) in [5, 5.41) is 3.06. The van der Waals surface area contributed by atoms with Crippen molar-refractivity contribution in [3.8, 4) is 11.5 Å². The number of fused-ring (bicyclic) bond motifs is 1. The lowest BCUT2D eigenvalue weighted by atomic mass is 9.84. The molecule has 1 fully saturated rings. The Morgan fingerprint density at radius 3 is 2.53 bits per heavy atom. The van der Waals surface area contributed by atoms with Gasteiger partial charge in [0.05, 0.1) is 5.92 Å². The molecule has 1 amide bonds. The van der Waals surface area contributed by atoms with E-state index in [1.54, 1.807) is 6.07 Å². The first-order valence-corrected chi connectivity index (χ1v) is 11.4. The standard InChI is InChI=1S/C27H26F2N2O3/c28-23-8-6-19(10-24(23)29)14-31-15-21(20-4-2-1-3-5-20)12-22(16-31)27(32)30-13-18-7-9-25-26(11-18)34-17-33-25/h1-11,21-22H,12-17H2,(H,30,32)/t21-,22-/m0/s1. The van der Waals surface area contributed by atoms with Gasteiger partial charge in [-0.1, -0.05) is 42.5 Å². The number of benzene rings is 3. The lowest BCUT2D eigenvalue weighted by Gasteiger charge is -2.37. The lowest BCUT2D eigenvalue weighted by Crippen LogP contribution is -2.45. The van der Waals surface area contributed by atoms with Crippen LogP contribution < -0.4 is 14.8 Å². The summed E-state index contributed by atoms with van der Waals surface area (Å²) in [7, 11) is 0. The molecule has 0 aliphatic carbocycles. The molecular formula is C27H26F2N2O3. The van der Waals surface area contributed by atoms with Crippen LogP contribution in [0.15, 0.2) is 66.7 Å². The Morgan fingerprint density at radius 1 is 0.912 bits per heavy atom. The maximum absolute atomic E-state index is 13.8. The van der Waals surface area contributed by atoms with E-state index < -0.39 is 11.6 Å². The SMILES string of the molecule is O=C(NCc1ccc2c(c1)OCO2)[C@H]1C[C@H](c2ccccc2)CN(Cc2ccc(F)c(F)c2)C1. The Bertz CT molecular complexity index is 1170. The van der Waals surface area contributed by atoms with E-state index in [1.165, 1.54) is 11.6 Å². The number of rotatable bonds is 6. The number of ether oxygens (including phenoxy) is 2. The van der Waals surface area contributed by atoms with Crippen LogP contribution in [0.25, 0.3) is 0 Å². The Labute approximate surface area is 197 Å². The number of hydrogen-bond donors (Lipinski definition) is 1. The monoisotopic (exact) mass is 464 g/mol. The van der Waals surface area contributed by atoms with Crippen LogP contribution in [0.4, 0.5) is 8.78 Å². The fraction of sp³-hybridized carbons (Fsp3) is 0.296. The largest absolute Gasteiger partial charge is 0.454 e. The van der Waals surface area contributed by atoms with Gasteiger partial charge in [0.2, 0.25) is 12.7 Å². The number of hydrogen-bond acceptors (Lipinski definition) is 4. The van der Waals surface area contributed by atoms with E-state index in [1.807, 2.05) is 36.4 Å². The van der Waals surface area contributed by atoms with Crippen molar-refractivity contribution in [1.29, 1.82) is 0 Å². The first-order chi connectivity index (χ1) is 16.5. The van der Waals surface area contributed by atoms with Gasteiger partial charge in [0.1, 0.15) is 0 Å². The molecule has 0 radical (unpaired) electrons. The second-order valence-electron chi connectivity index (χ2n) is 8.89. The minimum absolute atomic E-state index is 0.0198. The third-order valence-electron chi connectivity index (χ3n) is 6.46. The highest BCUT2D eigenvalue weighted by atomic mass is 19.2. The van der Waals surface area contributed by atoms with Crippen molar-refractivity contribution in [1.82, 2.24) is 10.2 Å². The van der Waals surface area contributed by atoms with Crippen LogP contribution in [0.5, 0.6) is 11.5 Å². The fourth-order valence-corrected chi connectivity index (χ4v) is 4.76. The van der Waals surface area contributed by atoms with Gasteiger partial charge in [-0.15, -0.1) is 0 Å². The highest BCUT2D eigenvalue weighted by molar-refractivity contribution is 5.79. The number of piperidine rings is 1. The van der Waals surface area contributed by atoms with Crippen LogP contribution in [-0.2, 0) is 17.9 Å². The van der Waals surface area contributed by atoms with E-state index in [4.69, 9.17) is 9.47 Å². The van der Waals surface area contributed by atoms with Gasteiger partial charge in [-0.2, -0.15) is 0 Å². The van der Waals surface area contributed by atoms with Crippen LogP contribution in [0.3, 0.4) is 0 Å². The van der Waals surface area contributed by atoms with Crippen LogP contribution in [0, 0.1) is 17.6 Å². The van der Waals surface area contributed by atoms with Gasteiger partial charge in [0.25, 0.3) is 0 Å².